The number of hydrogen-bond acceptors (Lipinski definition) is 2. The molecule has 0 bridgehead atoms. The summed E-state index contributed by atoms with van der Waals surface area (Å²) in [5, 5.41) is 0.550. The molecule has 1 heterocycles. The zero-order valence-electron chi connectivity index (χ0n) is 11.1. The fourth-order valence-corrected chi connectivity index (χ4v) is 2.32. The maximum absolute atomic E-state index is 13.8. The maximum atomic E-state index is 13.8. The molecule has 0 spiro atoms. The first-order valence-corrected chi connectivity index (χ1v) is 6.26. The summed E-state index contributed by atoms with van der Waals surface area (Å²) in [6, 6.07) is 8.79. The third kappa shape index (κ3) is 2.07. The largest absolute Gasteiger partial charge is 0.496 e. The van der Waals surface area contributed by atoms with E-state index in [2.05, 4.69) is 4.98 Å². The Morgan fingerprint density at radius 2 is 1.86 bits per heavy atom. The Morgan fingerprint density at radius 3 is 2.62 bits per heavy atom. The molecule has 3 nitrogen and oxygen atoms in total. The lowest BCUT2D eigenvalue weighted by molar-refractivity contribution is 0.103. The first-order chi connectivity index (χ1) is 10.1. The van der Waals surface area contributed by atoms with Gasteiger partial charge in [0.2, 0.25) is 0 Å². The molecule has 0 atom stereocenters. The van der Waals surface area contributed by atoms with Crippen molar-refractivity contribution in [2.75, 3.05) is 7.11 Å². The lowest BCUT2D eigenvalue weighted by atomic mass is 10.0. The van der Waals surface area contributed by atoms with Crippen LogP contribution in [0.1, 0.15) is 15.9 Å². The standard InChI is InChI=1S/C16H11F2NO2/c1-21-13-7-3-6-12-14(13)10(8-19-12)16(20)9-4-2-5-11(17)15(9)18/h2-8,19H,1H3. The Bertz CT molecular complexity index is 839. The van der Waals surface area contributed by atoms with Crippen molar-refractivity contribution in [1.29, 1.82) is 0 Å². The van der Waals surface area contributed by atoms with Crippen molar-refractivity contribution in [3.05, 3.63) is 65.4 Å². The SMILES string of the molecule is COc1cccc2[nH]cc(C(=O)c3cccc(F)c3F)c12. The Labute approximate surface area is 119 Å². The number of benzene rings is 2. The van der Waals surface area contributed by atoms with E-state index in [9.17, 15) is 13.6 Å². The van der Waals surface area contributed by atoms with Crippen molar-refractivity contribution in [2.24, 2.45) is 0 Å². The number of methoxy groups -OCH3 is 1. The fourth-order valence-electron chi connectivity index (χ4n) is 2.32. The average molecular weight is 287 g/mol. The summed E-state index contributed by atoms with van der Waals surface area (Å²) in [6.45, 7) is 0. The van der Waals surface area contributed by atoms with Crippen LogP contribution in [0.5, 0.6) is 5.75 Å². The summed E-state index contributed by atoms with van der Waals surface area (Å²) in [4.78, 5) is 15.4. The summed E-state index contributed by atoms with van der Waals surface area (Å²) < 4.78 is 32.3. The molecule has 0 saturated heterocycles. The van der Waals surface area contributed by atoms with E-state index in [0.29, 0.717) is 16.7 Å². The minimum atomic E-state index is -1.15. The van der Waals surface area contributed by atoms with E-state index in [0.717, 1.165) is 6.07 Å². The zero-order chi connectivity index (χ0) is 15.0. The number of ketones is 1. The van der Waals surface area contributed by atoms with Crippen molar-refractivity contribution in [1.82, 2.24) is 4.98 Å². The quantitative estimate of drug-likeness (QED) is 0.746. The van der Waals surface area contributed by atoms with Gasteiger partial charge in [0.15, 0.2) is 17.4 Å². The van der Waals surface area contributed by atoms with Crippen molar-refractivity contribution >= 4 is 16.7 Å². The predicted molar refractivity (Wildman–Crippen MR) is 74.6 cm³/mol. The highest BCUT2D eigenvalue weighted by Crippen LogP contribution is 2.30. The van der Waals surface area contributed by atoms with Crippen molar-refractivity contribution in [2.45, 2.75) is 0 Å². The third-order valence-corrected chi connectivity index (χ3v) is 3.33. The van der Waals surface area contributed by atoms with E-state index < -0.39 is 17.4 Å². The monoisotopic (exact) mass is 287 g/mol. The highest BCUT2D eigenvalue weighted by atomic mass is 19.2. The maximum Gasteiger partial charge on any atom is 0.198 e. The number of halogens is 2. The van der Waals surface area contributed by atoms with Crippen LogP contribution in [-0.4, -0.2) is 17.9 Å². The van der Waals surface area contributed by atoms with Crippen LogP contribution in [0.3, 0.4) is 0 Å². The van der Waals surface area contributed by atoms with Crippen molar-refractivity contribution in [3.8, 4) is 5.75 Å². The van der Waals surface area contributed by atoms with Crippen LogP contribution in [0.4, 0.5) is 8.78 Å². The zero-order valence-corrected chi connectivity index (χ0v) is 11.1. The van der Waals surface area contributed by atoms with Gasteiger partial charge in [-0.25, -0.2) is 8.78 Å². The molecule has 0 amide bonds. The lowest BCUT2D eigenvalue weighted by Gasteiger charge is -2.05. The van der Waals surface area contributed by atoms with Crippen molar-refractivity contribution in [3.63, 3.8) is 0 Å². The Morgan fingerprint density at radius 1 is 1.10 bits per heavy atom. The van der Waals surface area contributed by atoms with Crippen LogP contribution in [0, 0.1) is 11.6 Å². The highest BCUT2D eigenvalue weighted by Gasteiger charge is 2.21. The van der Waals surface area contributed by atoms with Crippen LogP contribution >= 0.6 is 0 Å². The molecule has 0 radical (unpaired) electrons. The number of hydrogen-bond donors (Lipinski definition) is 1. The van der Waals surface area contributed by atoms with Gasteiger partial charge in [0.05, 0.1) is 23.6 Å². The Hall–Kier alpha value is -2.69. The minimum Gasteiger partial charge on any atom is -0.496 e. The third-order valence-electron chi connectivity index (χ3n) is 3.33. The van der Waals surface area contributed by atoms with Gasteiger partial charge in [-0.15, -0.1) is 0 Å². The van der Waals surface area contributed by atoms with Gasteiger partial charge in [-0.1, -0.05) is 12.1 Å². The Balaban J connectivity index is 2.21. The number of ether oxygens (including phenoxy) is 1. The number of rotatable bonds is 3. The molecular weight excluding hydrogens is 276 g/mol. The number of H-pyrrole nitrogens is 1. The number of carbonyl (C=O) groups excluding carboxylic acids is 1. The molecule has 3 rings (SSSR count). The van der Waals surface area contributed by atoms with Gasteiger partial charge in [0, 0.05) is 11.7 Å². The molecule has 106 valence electrons. The topological polar surface area (TPSA) is 42.1 Å². The molecular formula is C16H11F2NO2. The average Bonchev–Trinajstić information content (AvgIpc) is 2.93. The van der Waals surface area contributed by atoms with Gasteiger partial charge >= 0.3 is 0 Å². The molecule has 1 aromatic heterocycles. The van der Waals surface area contributed by atoms with E-state index >= 15 is 0 Å². The number of fused-ring (bicyclic) bond motifs is 1. The van der Waals surface area contributed by atoms with Gasteiger partial charge in [-0.05, 0) is 24.3 Å². The van der Waals surface area contributed by atoms with Gasteiger partial charge in [-0.3, -0.25) is 4.79 Å². The second-order valence-electron chi connectivity index (χ2n) is 4.52. The van der Waals surface area contributed by atoms with E-state index in [-0.39, 0.29) is 11.1 Å². The van der Waals surface area contributed by atoms with Crippen LogP contribution < -0.4 is 4.74 Å². The van der Waals surface area contributed by atoms with Crippen LogP contribution in [0.2, 0.25) is 0 Å². The lowest BCUT2D eigenvalue weighted by Crippen LogP contribution is -2.05. The predicted octanol–water partition coefficient (Wildman–Crippen LogP) is 3.69. The summed E-state index contributed by atoms with van der Waals surface area (Å²) in [7, 11) is 1.48. The van der Waals surface area contributed by atoms with Gasteiger partial charge in [0.25, 0.3) is 0 Å². The second kappa shape index (κ2) is 5.01. The second-order valence-corrected chi connectivity index (χ2v) is 4.52. The molecule has 2 aromatic carbocycles. The fraction of sp³-hybridized carbons (Fsp3) is 0.0625. The summed E-state index contributed by atoms with van der Waals surface area (Å²) >= 11 is 0. The minimum absolute atomic E-state index is 0.243. The molecule has 0 unspecified atom stereocenters. The van der Waals surface area contributed by atoms with E-state index in [1.54, 1.807) is 18.2 Å². The first kappa shape index (κ1) is 13.3. The molecule has 0 fully saturated rings. The summed E-state index contributed by atoms with van der Waals surface area (Å²) in [5.41, 5.74) is 0.628. The summed E-state index contributed by atoms with van der Waals surface area (Å²) in [5.74, 6) is -2.30. The number of nitrogens with one attached hydrogen (secondary N) is 1. The van der Waals surface area contributed by atoms with Crippen molar-refractivity contribution < 1.29 is 18.3 Å². The smallest absolute Gasteiger partial charge is 0.198 e. The molecule has 0 aliphatic heterocycles. The van der Waals surface area contributed by atoms with E-state index in [1.807, 2.05) is 0 Å². The van der Waals surface area contributed by atoms with E-state index in [1.165, 1.54) is 25.4 Å². The molecule has 1 N–H and O–H groups in total. The highest BCUT2D eigenvalue weighted by molar-refractivity contribution is 6.17. The molecule has 5 heteroatoms. The van der Waals surface area contributed by atoms with Gasteiger partial charge in [-0.2, -0.15) is 0 Å². The molecule has 0 saturated carbocycles. The molecule has 0 aliphatic rings. The van der Waals surface area contributed by atoms with Gasteiger partial charge in [0.1, 0.15) is 5.75 Å². The van der Waals surface area contributed by atoms with Gasteiger partial charge < -0.3 is 9.72 Å². The number of aromatic nitrogens is 1. The molecule has 3 aromatic rings. The first-order valence-electron chi connectivity index (χ1n) is 6.26. The van der Waals surface area contributed by atoms with Crippen LogP contribution in [0.15, 0.2) is 42.6 Å². The molecule has 0 aliphatic carbocycles. The number of aromatic amines is 1. The summed E-state index contributed by atoms with van der Waals surface area (Å²) in [6.07, 6.45) is 1.47. The molecule has 21 heavy (non-hydrogen) atoms. The number of carbonyl (C=O) groups is 1. The van der Waals surface area contributed by atoms with Crippen LogP contribution in [0.25, 0.3) is 10.9 Å². The van der Waals surface area contributed by atoms with Crippen LogP contribution in [-0.2, 0) is 0 Å². The Kier molecular flexibility index (Phi) is 3.17. The normalized spacial score (nSPS) is 10.8. The van der Waals surface area contributed by atoms with E-state index in [4.69, 9.17) is 4.74 Å².